The minimum atomic E-state index is -0.397. The number of nitrogens with zero attached hydrogens (tertiary/aromatic N) is 3. The summed E-state index contributed by atoms with van der Waals surface area (Å²) in [6.07, 6.45) is 3.47. The van der Waals surface area contributed by atoms with E-state index in [0.29, 0.717) is 23.8 Å². The number of rotatable bonds is 4. The fraction of sp³-hybridized carbons (Fsp3) is 0.615. The molecule has 6 nitrogen and oxygen atoms in total. The van der Waals surface area contributed by atoms with Crippen LogP contribution in [0, 0.1) is 6.92 Å². The van der Waals surface area contributed by atoms with Crippen LogP contribution in [0.25, 0.3) is 0 Å². The van der Waals surface area contributed by atoms with Crippen LogP contribution in [0.5, 0.6) is 0 Å². The molecule has 0 radical (unpaired) electrons. The molecule has 1 aliphatic heterocycles. The second kappa shape index (κ2) is 5.97. The first kappa shape index (κ1) is 13.7. The van der Waals surface area contributed by atoms with Gasteiger partial charge in [-0.1, -0.05) is 0 Å². The van der Waals surface area contributed by atoms with Crippen molar-refractivity contribution in [3.63, 3.8) is 0 Å². The molecule has 0 amide bonds. The highest BCUT2D eigenvalue weighted by molar-refractivity contribution is 5.90. The van der Waals surface area contributed by atoms with Gasteiger partial charge in [0.15, 0.2) is 0 Å². The van der Waals surface area contributed by atoms with E-state index >= 15 is 0 Å². The normalized spacial score (nSPS) is 18.7. The van der Waals surface area contributed by atoms with Gasteiger partial charge in [-0.05, 0) is 26.7 Å². The SMILES string of the molecule is CCOC(=O)c1cnc(N2CCCC2CO)nc1C. The molecule has 1 aromatic heterocycles. The molecule has 2 rings (SSSR count). The minimum absolute atomic E-state index is 0.0767. The zero-order valence-electron chi connectivity index (χ0n) is 11.3. The molecular formula is C13H19N3O3. The van der Waals surface area contributed by atoms with Crippen LogP contribution in [-0.2, 0) is 4.74 Å². The molecule has 1 saturated heterocycles. The van der Waals surface area contributed by atoms with Crippen LogP contribution < -0.4 is 4.90 Å². The van der Waals surface area contributed by atoms with Gasteiger partial charge >= 0.3 is 5.97 Å². The number of ether oxygens (including phenoxy) is 1. The van der Waals surface area contributed by atoms with Crippen molar-refractivity contribution in [3.05, 3.63) is 17.5 Å². The summed E-state index contributed by atoms with van der Waals surface area (Å²) in [5.41, 5.74) is 0.998. The lowest BCUT2D eigenvalue weighted by Crippen LogP contribution is -2.33. The molecule has 0 spiro atoms. The Morgan fingerprint density at radius 1 is 1.63 bits per heavy atom. The van der Waals surface area contributed by atoms with Crippen molar-refractivity contribution in [2.24, 2.45) is 0 Å². The third kappa shape index (κ3) is 2.84. The molecule has 2 heterocycles. The van der Waals surface area contributed by atoms with Crippen molar-refractivity contribution in [2.75, 3.05) is 24.7 Å². The Morgan fingerprint density at radius 3 is 3.05 bits per heavy atom. The molecule has 1 atom stereocenters. The van der Waals surface area contributed by atoms with Crippen LogP contribution in [0.15, 0.2) is 6.20 Å². The molecule has 1 fully saturated rings. The number of hydrogen-bond acceptors (Lipinski definition) is 6. The first-order chi connectivity index (χ1) is 9.17. The number of aliphatic hydroxyl groups is 1. The van der Waals surface area contributed by atoms with Gasteiger partial charge in [0.1, 0.15) is 0 Å². The first-order valence-corrected chi connectivity index (χ1v) is 6.55. The lowest BCUT2D eigenvalue weighted by molar-refractivity contribution is 0.0524. The summed E-state index contributed by atoms with van der Waals surface area (Å²) < 4.78 is 4.94. The Kier molecular flexibility index (Phi) is 4.31. The summed E-state index contributed by atoms with van der Waals surface area (Å²) in [5.74, 6) is 0.175. The lowest BCUT2D eigenvalue weighted by atomic mass is 10.2. The fourth-order valence-electron chi connectivity index (χ4n) is 2.29. The highest BCUT2D eigenvalue weighted by Gasteiger charge is 2.26. The summed E-state index contributed by atoms with van der Waals surface area (Å²) in [4.78, 5) is 22.2. The third-order valence-corrected chi connectivity index (χ3v) is 3.31. The summed E-state index contributed by atoms with van der Waals surface area (Å²) in [7, 11) is 0. The molecule has 104 valence electrons. The number of aliphatic hydroxyl groups excluding tert-OH is 1. The van der Waals surface area contributed by atoms with E-state index in [0.717, 1.165) is 19.4 Å². The van der Waals surface area contributed by atoms with E-state index in [9.17, 15) is 9.90 Å². The van der Waals surface area contributed by atoms with Gasteiger partial charge in [0.05, 0.1) is 30.5 Å². The summed E-state index contributed by atoms with van der Waals surface area (Å²) in [6.45, 7) is 4.80. The number of esters is 1. The Labute approximate surface area is 112 Å². The second-order valence-electron chi connectivity index (χ2n) is 4.56. The van der Waals surface area contributed by atoms with Crippen molar-refractivity contribution in [1.29, 1.82) is 0 Å². The van der Waals surface area contributed by atoms with Gasteiger partial charge in [-0.3, -0.25) is 0 Å². The molecule has 19 heavy (non-hydrogen) atoms. The minimum Gasteiger partial charge on any atom is -0.462 e. The largest absolute Gasteiger partial charge is 0.462 e. The number of hydrogen-bond donors (Lipinski definition) is 1. The predicted molar refractivity (Wildman–Crippen MR) is 70.2 cm³/mol. The summed E-state index contributed by atoms with van der Waals surface area (Å²) in [5, 5.41) is 9.31. The van der Waals surface area contributed by atoms with Crippen molar-refractivity contribution < 1.29 is 14.6 Å². The van der Waals surface area contributed by atoms with Gasteiger partial charge in [0, 0.05) is 12.7 Å². The van der Waals surface area contributed by atoms with E-state index in [4.69, 9.17) is 4.74 Å². The van der Waals surface area contributed by atoms with Crippen LogP contribution in [0.2, 0.25) is 0 Å². The smallest absolute Gasteiger partial charge is 0.341 e. The highest BCUT2D eigenvalue weighted by Crippen LogP contribution is 2.22. The third-order valence-electron chi connectivity index (χ3n) is 3.31. The van der Waals surface area contributed by atoms with Crippen LogP contribution >= 0.6 is 0 Å². The number of aryl methyl sites for hydroxylation is 1. The Balaban J connectivity index is 2.21. The molecule has 1 unspecified atom stereocenters. The van der Waals surface area contributed by atoms with Crippen molar-refractivity contribution in [2.45, 2.75) is 32.7 Å². The van der Waals surface area contributed by atoms with Crippen molar-refractivity contribution in [1.82, 2.24) is 9.97 Å². The van der Waals surface area contributed by atoms with Crippen LogP contribution in [-0.4, -0.2) is 46.8 Å². The highest BCUT2D eigenvalue weighted by atomic mass is 16.5. The van der Waals surface area contributed by atoms with E-state index in [1.54, 1.807) is 13.8 Å². The lowest BCUT2D eigenvalue weighted by Gasteiger charge is -2.23. The average molecular weight is 265 g/mol. The molecular weight excluding hydrogens is 246 g/mol. The van der Waals surface area contributed by atoms with E-state index in [-0.39, 0.29) is 12.6 Å². The van der Waals surface area contributed by atoms with Gasteiger partial charge in [-0.2, -0.15) is 0 Å². The number of aromatic nitrogens is 2. The maximum absolute atomic E-state index is 11.7. The molecule has 6 heteroatoms. The average Bonchev–Trinajstić information content (AvgIpc) is 2.87. The van der Waals surface area contributed by atoms with Gasteiger partial charge in [-0.15, -0.1) is 0 Å². The standard InChI is InChI=1S/C13H19N3O3/c1-3-19-12(18)11-7-14-13(15-9(11)2)16-6-4-5-10(16)8-17/h7,10,17H,3-6,8H2,1-2H3. The summed E-state index contributed by atoms with van der Waals surface area (Å²) >= 11 is 0. The quantitative estimate of drug-likeness (QED) is 0.816. The first-order valence-electron chi connectivity index (χ1n) is 6.55. The van der Waals surface area contributed by atoms with Gasteiger partial charge in [0.25, 0.3) is 0 Å². The maximum atomic E-state index is 11.7. The number of carbonyl (C=O) groups is 1. The summed E-state index contributed by atoms with van der Waals surface area (Å²) in [6, 6.07) is 0.0767. The van der Waals surface area contributed by atoms with E-state index in [1.807, 2.05) is 4.90 Å². The predicted octanol–water partition coefficient (Wildman–Crippen LogP) is 0.923. The van der Waals surface area contributed by atoms with E-state index in [2.05, 4.69) is 9.97 Å². The number of carbonyl (C=O) groups excluding carboxylic acids is 1. The van der Waals surface area contributed by atoms with Crippen LogP contribution in [0.3, 0.4) is 0 Å². The topological polar surface area (TPSA) is 75.5 Å². The molecule has 0 aromatic carbocycles. The Hall–Kier alpha value is -1.69. The second-order valence-corrected chi connectivity index (χ2v) is 4.56. The zero-order chi connectivity index (χ0) is 13.8. The Bertz CT molecular complexity index is 464. The molecule has 0 aliphatic carbocycles. The van der Waals surface area contributed by atoms with Crippen molar-refractivity contribution in [3.8, 4) is 0 Å². The van der Waals surface area contributed by atoms with Crippen LogP contribution in [0.1, 0.15) is 35.8 Å². The molecule has 0 saturated carbocycles. The Morgan fingerprint density at radius 2 is 2.42 bits per heavy atom. The monoisotopic (exact) mass is 265 g/mol. The van der Waals surface area contributed by atoms with Gasteiger partial charge < -0.3 is 14.7 Å². The molecule has 1 aromatic rings. The zero-order valence-corrected chi connectivity index (χ0v) is 11.3. The van der Waals surface area contributed by atoms with Gasteiger partial charge in [-0.25, -0.2) is 14.8 Å². The molecule has 1 N–H and O–H groups in total. The van der Waals surface area contributed by atoms with Gasteiger partial charge in [0.2, 0.25) is 5.95 Å². The molecule has 0 bridgehead atoms. The maximum Gasteiger partial charge on any atom is 0.341 e. The fourth-order valence-corrected chi connectivity index (χ4v) is 2.29. The number of anilines is 1. The molecule has 1 aliphatic rings. The van der Waals surface area contributed by atoms with Crippen LogP contribution in [0.4, 0.5) is 5.95 Å². The van der Waals surface area contributed by atoms with E-state index in [1.165, 1.54) is 6.20 Å². The van der Waals surface area contributed by atoms with E-state index < -0.39 is 5.97 Å². The van der Waals surface area contributed by atoms with Crippen molar-refractivity contribution >= 4 is 11.9 Å².